The van der Waals surface area contributed by atoms with Crippen molar-refractivity contribution in [3.05, 3.63) is 35.6 Å². The van der Waals surface area contributed by atoms with E-state index in [1.165, 1.54) is 12.1 Å². The quantitative estimate of drug-likeness (QED) is 0.816. The Hall–Kier alpha value is -1.42. The molecule has 0 saturated heterocycles. The normalized spacial score (nSPS) is 14.2. The third kappa shape index (κ3) is 3.31. The van der Waals surface area contributed by atoms with Gasteiger partial charge in [0, 0.05) is 12.5 Å². The van der Waals surface area contributed by atoms with Gasteiger partial charge in [0.1, 0.15) is 5.82 Å². The smallest absolute Gasteiger partial charge is 0.224 e. The zero-order valence-corrected chi connectivity index (χ0v) is 9.53. The average Bonchev–Trinajstić information content (AvgIpc) is 2.27. The summed E-state index contributed by atoms with van der Waals surface area (Å²) >= 11 is 0. The monoisotopic (exact) mass is 224 g/mol. The highest BCUT2D eigenvalue weighted by atomic mass is 19.1. The minimum Gasteiger partial charge on any atom is -0.349 e. The van der Waals surface area contributed by atoms with Crippen LogP contribution in [0.4, 0.5) is 4.39 Å². The maximum atomic E-state index is 13.0. The fourth-order valence-electron chi connectivity index (χ4n) is 1.32. The van der Waals surface area contributed by atoms with Crippen molar-refractivity contribution in [3.63, 3.8) is 0 Å². The van der Waals surface area contributed by atoms with E-state index in [-0.39, 0.29) is 23.7 Å². The molecule has 1 aromatic carbocycles. The highest BCUT2D eigenvalue weighted by Crippen LogP contribution is 2.13. The fraction of sp³-hybridized carbons (Fsp3) is 0.417. The van der Waals surface area contributed by atoms with Crippen molar-refractivity contribution in [1.82, 2.24) is 5.32 Å². The van der Waals surface area contributed by atoms with Crippen LogP contribution in [0, 0.1) is 11.7 Å². The van der Waals surface area contributed by atoms with E-state index < -0.39 is 0 Å². The maximum absolute atomic E-state index is 13.0. The minimum absolute atomic E-state index is 0.112. The van der Waals surface area contributed by atoms with E-state index in [0.29, 0.717) is 6.54 Å². The number of carbonyl (C=O) groups excluding carboxylic acids is 1. The molecule has 16 heavy (non-hydrogen) atoms. The van der Waals surface area contributed by atoms with E-state index in [1.807, 2.05) is 6.92 Å². The molecule has 0 fully saturated rings. The van der Waals surface area contributed by atoms with Crippen LogP contribution in [0.15, 0.2) is 24.3 Å². The molecule has 0 radical (unpaired) electrons. The molecule has 2 unspecified atom stereocenters. The molecule has 0 spiro atoms. The van der Waals surface area contributed by atoms with Gasteiger partial charge in [0.25, 0.3) is 0 Å². The van der Waals surface area contributed by atoms with Gasteiger partial charge in [-0.1, -0.05) is 19.1 Å². The van der Waals surface area contributed by atoms with Crippen LogP contribution >= 0.6 is 0 Å². The number of benzene rings is 1. The Balaban J connectivity index is 2.65. The summed E-state index contributed by atoms with van der Waals surface area (Å²) in [5.41, 5.74) is 6.14. The lowest BCUT2D eigenvalue weighted by atomic mass is 10.1. The molecule has 0 saturated carbocycles. The zero-order chi connectivity index (χ0) is 12.1. The third-order valence-electron chi connectivity index (χ3n) is 2.51. The maximum Gasteiger partial charge on any atom is 0.224 e. The number of amides is 1. The molecule has 3 nitrogen and oxygen atoms in total. The third-order valence-corrected chi connectivity index (χ3v) is 2.51. The van der Waals surface area contributed by atoms with E-state index in [9.17, 15) is 9.18 Å². The van der Waals surface area contributed by atoms with Crippen LogP contribution < -0.4 is 11.1 Å². The summed E-state index contributed by atoms with van der Waals surface area (Å²) in [7, 11) is 0. The molecule has 0 aliphatic heterocycles. The number of hydrogen-bond acceptors (Lipinski definition) is 2. The van der Waals surface area contributed by atoms with Gasteiger partial charge in [-0.2, -0.15) is 0 Å². The summed E-state index contributed by atoms with van der Waals surface area (Å²) in [6.07, 6.45) is 0. The van der Waals surface area contributed by atoms with Crippen LogP contribution in [0.3, 0.4) is 0 Å². The van der Waals surface area contributed by atoms with Crippen molar-refractivity contribution in [2.45, 2.75) is 19.9 Å². The fourth-order valence-corrected chi connectivity index (χ4v) is 1.32. The molecule has 88 valence electrons. The molecule has 0 aromatic heterocycles. The first-order valence-corrected chi connectivity index (χ1v) is 5.30. The molecule has 0 bridgehead atoms. The summed E-state index contributed by atoms with van der Waals surface area (Å²) in [6.45, 7) is 3.88. The number of halogens is 1. The van der Waals surface area contributed by atoms with Crippen LogP contribution in [-0.4, -0.2) is 12.5 Å². The minimum atomic E-state index is -0.300. The molecule has 4 heteroatoms. The summed E-state index contributed by atoms with van der Waals surface area (Å²) in [4.78, 5) is 11.6. The first-order chi connectivity index (χ1) is 7.54. The van der Waals surface area contributed by atoms with Gasteiger partial charge in [0.05, 0.1) is 6.04 Å². The lowest BCUT2D eigenvalue weighted by Crippen LogP contribution is -2.34. The number of nitrogens with one attached hydrogen (secondary N) is 1. The van der Waals surface area contributed by atoms with Gasteiger partial charge in [0.2, 0.25) is 5.91 Å². The molecule has 2 atom stereocenters. The van der Waals surface area contributed by atoms with E-state index in [0.717, 1.165) is 5.56 Å². The van der Waals surface area contributed by atoms with E-state index in [1.54, 1.807) is 19.1 Å². The average molecular weight is 224 g/mol. The molecule has 1 aromatic rings. The SMILES string of the molecule is CC(CN)C(=O)NC(C)c1cccc(F)c1. The summed E-state index contributed by atoms with van der Waals surface area (Å²) in [6, 6.07) is 5.98. The lowest BCUT2D eigenvalue weighted by Gasteiger charge is -2.17. The number of nitrogens with two attached hydrogens (primary N) is 1. The zero-order valence-electron chi connectivity index (χ0n) is 9.53. The summed E-state index contributed by atoms with van der Waals surface area (Å²) < 4.78 is 13.0. The Morgan fingerprint density at radius 1 is 1.50 bits per heavy atom. The van der Waals surface area contributed by atoms with Crippen molar-refractivity contribution in [3.8, 4) is 0 Å². The predicted octanol–water partition coefficient (Wildman–Crippen LogP) is 1.60. The largest absolute Gasteiger partial charge is 0.349 e. The van der Waals surface area contributed by atoms with Crippen molar-refractivity contribution in [2.24, 2.45) is 11.7 Å². The van der Waals surface area contributed by atoms with Gasteiger partial charge in [-0.25, -0.2) is 4.39 Å². The number of carbonyl (C=O) groups is 1. The summed E-state index contributed by atoms with van der Waals surface area (Å²) in [5, 5.41) is 2.79. The second kappa shape index (κ2) is 5.61. The van der Waals surface area contributed by atoms with Crippen LogP contribution in [-0.2, 0) is 4.79 Å². The topological polar surface area (TPSA) is 55.1 Å². The van der Waals surface area contributed by atoms with Crippen LogP contribution in [0.5, 0.6) is 0 Å². The summed E-state index contributed by atoms with van der Waals surface area (Å²) in [5.74, 6) is -0.638. The van der Waals surface area contributed by atoms with Gasteiger partial charge < -0.3 is 11.1 Å². The van der Waals surface area contributed by atoms with Gasteiger partial charge in [-0.05, 0) is 24.6 Å². The van der Waals surface area contributed by atoms with Crippen LogP contribution in [0.2, 0.25) is 0 Å². The Kier molecular flexibility index (Phi) is 4.43. The van der Waals surface area contributed by atoms with E-state index in [2.05, 4.69) is 5.32 Å². The molecular formula is C12H17FN2O. The van der Waals surface area contributed by atoms with Gasteiger partial charge >= 0.3 is 0 Å². The lowest BCUT2D eigenvalue weighted by molar-refractivity contribution is -0.124. The molecule has 3 N–H and O–H groups in total. The molecule has 0 aliphatic rings. The van der Waals surface area contributed by atoms with Crippen molar-refractivity contribution in [2.75, 3.05) is 6.54 Å². The van der Waals surface area contributed by atoms with Crippen LogP contribution in [0.1, 0.15) is 25.5 Å². The van der Waals surface area contributed by atoms with Gasteiger partial charge in [0.15, 0.2) is 0 Å². The predicted molar refractivity (Wildman–Crippen MR) is 61.2 cm³/mol. The van der Waals surface area contributed by atoms with Crippen molar-refractivity contribution < 1.29 is 9.18 Å². The second-order valence-corrected chi connectivity index (χ2v) is 3.92. The number of hydrogen-bond donors (Lipinski definition) is 2. The van der Waals surface area contributed by atoms with Gasteiger partial charge in [-0.15, -0.1) is 0 Å². The van der Waals surface area contributed by atoms with Crippen LogP contribution in [0.25, 0.3) is 0 Å². The molecule has 0 aliphatic carbocycles. The Morgan fingerprint density at radius 3 is 2.75 bits per heavy atom. The number of rotatable bonds is 4. The van der Waals surface area contributed by atoms with E-state index in [4.69, 9.17) is 5.73 Å². The molecule has 0 heterocycles. The second-order valence-electron chi connectivity index (χ2n) is 3.92. The van der Waals surface area contributed by atoms with Gasteiger partial charge in [-0.3, -0.25) is 4.79 Å². The van der Waals surface area contributed by atoms with E-state index >= 15 is 0 Å². The highest BCUT2D eigenvalue weighted by Gasteiger charge is 2.14. The molecule has 1 amide bonds. The Morgan fingerprint density at radius 2 is 2.19 bits per heavy atom. The first kappa shape index (κ1) is 12.6. The first-order valence-electron chi connectivity index (χ1n) is 5.30. The molecule has 1 rings (SSSR count). The highest BCUT2D eigenvalue weighted by molar-refractivity contribution is 5.78. The van der Waals surface area contributed by atoms with Crippen molar-refractivity contribution >= 4 is 5.91 Å². The standard InChI is InChI=1S/C12H17FN2O/c1-8(7-14)12(16)15-9(2)10-4-3-5-11(13)6-10/h3-6,8-9H,7,14H2,1-2H3,(H,15,16). The van der Waals surface area contributed by atoms with Crippen molar-refractivity contribution in [1.29, 1.82) is 0 Å². The Bertz CT molecular complexity index is 368. The molecular weight excluding hydrogens is 207 g/mol. The Labute approximate surface area is 94.8 Å².